The van der Waals surface area contributed by atoms with Gasteiger partial charge in [-0.2, -0.15) is 26.3 Å². The fourth-order valence-electron chi connectivity index (χ4n) is 6.21. The molecule has 0 heterocycles. The fourth-order valence-corrected chi connectivity index (χ4v) is 17.1. The zero-order chi connectivity index (χ0) is 26.8. The molecule has 2 bridgehead atoms. The minimum absolute atomic E-state index is 0.0405. The van der Waals surface area contributed by atoms with Gasteiger partial charge in [0.2, 0.25) is 0 Å². The molecule has 5 nitrogen and oxygen atoms in total. The molecule has 14 heteroatoms. The molecule has 1 aromatic carbocycles. The summed E-state index contributed by atoms with van der Waals surface area (Å²) in [6.45, 7) is 5.97. The van der Waals surface area contributed by atoms with Gasteiger partial charge in [-0.25, -0.2) is 16.8 Å². The van der Waals surface area contributed by atoms with Crippen molar-refractivity contribution in [2.24, 2.45) is 23.2 Å². The van der Waals surface area contributed by atoms with Gasteiger partial charge in [-0.05, 0) is 60.0 Å². The molecule has 0 unspecified atom stereocenters. The number of benzene rings is 1. The lowest BCUT2D eigenvalue weighted by Gasteiger charge is -2.65. The Balaban J connectivity index is 2.11. The SMILES string of the molecule is CC1(C)[C@H]2C[C@@H]1[C@H](CCc1ccccc1)[C@@H]([Si](C)(C)N(S(=O)(=O)C(F)(F)F)S(=O)(=O)C(F)(F)F)C2. The number of nitrogens with zero attached hydrogens (tertiary/aromatic N) is 1. The molecule has 0 aliphatic heterocycles. The molecule has 35 heavy (non-hydrogen) atoms. The minimum Gasteiger partial charge on any atom is -0.202 e. The Kier molecular flexibility index (Phi) is 7.09. The molecular weight excluding hydrogens is 536 g/mol. The van der Waals surface area contributed by atoms with Crippen LogP contribution in [0.3, 0.4) is 0 Å². The van der Waals surface area contributed by atoms with Crippen molar-refractivity contribution in [1.82, 2.24) is 3.38 Å². The molecule has 200 valence electrons. The molecule has 0 saturated heterocycles. The molecule has 0 aromatic heterocycles. The number of halogens is 6. The third-order valence-electron chi connectivity index (χ3n) is 8.13. The standard InChI is InChI=1S/C21H29F6NO4S2Si/c1-19(2)15-12-17(19)16(11-10-14-8-6-5-7-9-14)18(13-15)35(3,4)28(33(29,30)20(22,23)24)34(31,32)21(25,26)27/h5-9,15-18H,10-13H2,1-4H3/t15-,16-,17+,18-/m0/s1. The van der Waals surface area contributed by atoms with Crippen LogP contribution in [0.25, 0.3) is 0 Å². The van der Waals surface area contributed by atoms with Crippen LogP contribution in [0.2, 0.25) is 18.6 Å². The van der Waals surface area contributed by atoms with Crippen molar-refractivity contribution in [3.8, 4) is 0 Å². The lowest BCUT2D eigenvalue weighted by atomic mass is 9.45. The van der Waals surface area contributed by atoms with Crippen molar-refractivity contribution in [3.05, 3.63) is 35.9 Å². The highest BCUT2D eigenvalue weighted by atomic mass is 32.3. The second-order valence-electron chi connectivity index (χ2n) is 10.6. The van der Waals surface area contributed by atoms with Crippen LogP contribution >= 0.6 is 0 Å². The normalized spacial score (nSPS) is 27.5. The van der Waals surface area contributed by atoms with Crippen LogP contribution in [0.15, 0.2) is 30.3 Å². The maximum Gasteiger partial charge on any atom is 0.512 e. The highest BCUT2D eigenvalue weighted by Crippen LogP contribution is 2.68. The van der Waals surface area contributed by atoms with Crippen molar-refractivity contribution in [2.75, 3.05) is 0 Å². The number of alkyl halides is 6. The van der Waals surface area contributed by atoms with E-state index >= 15 is 0 Å². The first-order valence-corrected chi connectivity index (χ1v) is 17.0. The van der Waals surface area contributed by atoms with E-state index in [1.807, 2.05) is 44.2 Å². The van der Waals surface area contributed by atoms with E-state index in [1.165, 1.54) is 0 Å². The quantitative estimate of drug-likeness (QED) is 0.306. The van der Waals surface area contributed by atoms with Crippen LogP contribution < -0.4 is 0 Å². The van der Waals surface area contributed by atoms with E-state index in [4.69, 9.17) is 0 Å². The Morgan fingerprint density at radius 2 is 1.40 bits per heavy atom. The summed E-state index contributed by atoms with van der Waals surface area (Å²) in [6, 6.07) is 9.13. The van der Waals surface area contributed by atoms with Crippen molar-refractivity contribution in [3.63, 3.8) is 0 Å². The van der Waals surface area contributed by atoms with Crippen LogP contribution in [-0.2, 0) is 26.5 Å². The van der Waals surface area contributed by atoms with E-state index in [2.05, 4.69) is 0 Å². The van der Waals surface area contributed by atoms with Gasteiger partial charge in [-0.3, -0.25) is 0 Å². The number of fused-ring (bicyclic) bond motifs is 2. The number of hydrogen-bond donors (Lipinski definition) is 0. The summed E-state index contributed by atoms with van der Waals surface area (Å²) < 4.78 is 130. The number of aryl methyl sites for hydroxylation is 1. The average Bonchev–Trinajstić information content (AvgIpc) is 2.70. The minimum atomic E-state index is -6.82. The summed E-state index contributed by atoms with van der Waals surface area (Å²) in [5.74, 6) is -0.529. The highest BCUT2D eigenvalue weighted by molar-refractivity contribution is 8.06. The van der Waals surface area contributed by atoms with Crippen LogP contribution in [0.4, 0.5) is 26.3 Å². The van der Waals surface area contributed by atoms with Gasteiger partial charge in [0, 0.05) is 0 Å². The maximum absolute atomic E-state index is 13.5. The Hall–Kier alpha value is -1.12. The van der Waals surface area contributed by atoms with E-state index in [0.29, 0.717) is 12.8 Å². The predicted octanol–water partition coefficient (Wildman–Crippen LogP) is 5.88. The molecule has 4 atom stereocenters. The van der Waals surface area contributed by atoms with Gasteiger partial charge in [0.15, 0.2) is 8.24 Å². The summed E-state index contributed by atoms with van der Waals surface area (Å²) in [7, 11) is -18.1. The van der Waals surface area contributed by atoms with Gasteiger partial charge in [0.05, 0.1) is 0 Å². The van der Waals surface area contributed by atoms with Gasteiger partial charge >= 0.3 is 31.1 Å². The largest absolute Gasteiger partial charge is 0.512 e. The fraction of sp³-hybridized carbons (Fsp3) is 0.714. The zero-order valence-corrected chi connectivity index (χ0v) is 22.3. The molecule has 3 saturated carbocycles. The van der Waals surface area contributed by atoms with E-state index < -0.39 is 54.1 Å². The highest BCUT2D eigenvalue weighted by Gasteiger charge is 2.70. The number of sulfonamides is 2. The lowest BCUT2D eigenvalue weighted by Crippen LogP contribution is -2.67. The van der Waals surface area contributed by atoms with Crippen molar-refractivity contribution >= 4 is 28.3 Å². The van der Waals surface area contributed by atoms with E-state index in [9.17, 15) is 43.2 Å². The van der Waals surface area contributed by atoms with Gasteiger partial charge in [-0.15, -0.1) is 3.38 Å². The molecule has 3 aliphatic rings. The van der Waals surface area contributed by atoms with Crippen molar-refractivity contribution < 1.29 is 43.2 Å². The molecule has 1 aromatic rings. The van der Waals surface area contributed by atoms with Crippen LogP contribution in [0, 0.1) is 23.2 Å². The molecular formula is C21H29F6NO4S2Si. The Labute approximate surface area is 203 Å². The van der Waals surface area contributed by atoms with Crippen molar-refractivity contribution in [1.29, 1.82) is 0 Å². The van der Waals surface area contributed by atoms with E-state index in [1.54, 1.807) is 0 Å². The zero-order valence-electron chi connectivity index (χ0n) is 19.7. The molecule has 3 fully saturated rings. The topological polar surface area (TPSA) is 71.5 Å². The second-order valence-corrected chi connectivity index (χ2v) is 19.6. The van der Waals surface area contributed by atoms with Gasteiger partial charge < -0.3 is 0 Å². The third-order valence-corrected chi connectivity index (χ3v) is 19.0. The van der Waals surface area contributed by atoms with Crippen molar-refractivity contribution in [2.45, 2.75) is 69.2 Å². The first-order valence-electron chi connectivity index (χ1n) is 11.1. The molecule has 0 spiro atoms. The van der Waals surface area contributed by atoms with Gasteiger partial charge in [0.1, 0.15) is 0 Å². The molecule has 0 radical (unpaired) electrons. The summed E-state index contributed by atoms with van der Waals surface area (Å²) in [6.07, 6.45) is 1.80. The van der Waals surface area contributed by atoms with E-state index in [0.717, 1.165) is 25.1 Å². The Morgan fingerprint density at radius 3 is 1.83 bits per heavy atom. The van der Waals surface area contributed by atoms with Crippen LogP contribution in [0.1, 0.15) is 38.7 Å². The maximum atomic E-state index is 13.5. The number of rotatable bonds is 7. The number of hydrogen-bond acceptors (Lipinski definition) is 4. The average molecular weight is 566 g/mol. The van der Waals surface area contributed by atoms with E-state index in [-0.39, 0.29) is 23.7 Å². The summed E-state index contributed by atoms with van der Waals surface area (Å²) in [4.78, 5) is 0. The van der Waals surface area contributed by atoms with Crippen LogP contribution in [0.5, 0.6) is 0 Å². The summed E-state index contributed by atoms with van der Waals surface area (Å²) in [5.41, 5.74) is -12.6. The predicted molar refractivity (Wildman–Crippen MR) is 121 cm³/mol. The van der Waals surface area contributed by atoms with Crippen LogP contribution in [-0.4, -0.2) is 39.5 Å². The lowest BCUT2D eigenvalue weighted by molar-refractivity contribution is -0.108. The summed E-state index contributed by atoms with van der Waals surface area (Å²) in [5, 5.41) is 0. The van der Waals surface area contributed by atoms with Gasteiger partial charge in [-0.1, -0.05) is 57.3 Å². The Morgan fingerprint density at radius 1 is 0.914 bits per heavy atom. The second kappa shape index (κ2) is 8.73. The van der Waals surface area contributed by atoms with Gasteiger partial charge in [0.25, 0.3) is 0 Å². The molecule has 4 rings (SSSR count). The smallest absolute Gasteiger partial charge is 0.202 e. The monoisotopic (exact) mass is 565 g/mol. The molecule has 0 amide bonds. The first kappa shape index (κ1) is 28.4. The summed E-state index contributed by atoms with van der Waals surface area (Å²) >= 11 is 0. The first-order chi connectivity index (χ1) is 15.7. The Bertz CT molecular complexity index is 1110. The molecule has 0 N–H and O–H groups in total. The molecule has 3 aliphatic carbocycles. The third kappa shape index (κ3) is 4.68.